The van der Waals surface area contributed by atoms with Crippen LogP contribution in [0, 0.1) is 32.6 Å². The van der Waals surface area contributed by atoms with E-state index >= 15 is 0 Å². The van der Waals surface area contributed by atoms with Crippen LogP contribution in [0.15, 0.2) is 24.3 Å². The van der Waals surface area contributed by atoms with E-state index in [1.807, 2.05) is 18.5 Å². The highest BCUT2D eigenvalue weighted by atomic mass is 16.5. The first-order valence-corrected chi connectivity index (χ1v) is 9.58. The number of amides is 2. The number of ether oxygens (including phenoxy) is 1. The number of carbonyl (C=O) groups excluding carboxylic acids is 2. The first-order chi connectivity index (χ1) is 13.0. The summed E-state index contributed by atoms with van der Waals surface area (Å²) in [4.78, 5) is 27.6. The van der Waals surface area contributed by atoms with Gasteiger partial charge in [0.05, 0.1) is 47.7 Å². The van der Waals surface area contributed by atoms with Crippen LogP contribution < -0.4 is 4.90 Å². The van der Waals surface area contributed by atoms with Crippen molar-refractivity contribution in [3.63, 3.8) is 0 Å². The Kier molecular flexibility index (Phi) is 3.56. The van der Waals surface area contributed by atoms with E-state index in [9.17, 15) is 9.59 Å². The molecule has 140 valence electrons. The summed E-state index contributed by atoms with van der Waals surface area (Å²) >= 11 is 0. The molecule has 2 aromatic rings. The van der Waals surface area contributed by atoms with Crippen molar-refractivity contribution in [2.45, 2.75) is 52.4 Å². The van der Waals surface area contributed by atoms with Gasteiger partial charge in [-0.3, -0.25) is 14.3 Å². The van der Waals surface area contributed by atoms with Crippen molar-refractivity contribution < 1.29 is 14.3 Å². The molecule has 2 bridgehead atoms. The molecule has 0 unspecified atom stereocenters. The highest BCUT2D eigenvalue weighted by Crippen LogP contribution is 2.50. The van der Waals surface area contributed by atoms with Crippen molar-refractivity contribution in [1.29, 1.82) is 0 Å². The van der Waals surface area contributed by atoms with Crippen molar-refractivity contribution >= 4 is 17.5 Å². The van der Waals surface area contributed by atoms with Crippen LogP contribution in [0.25, 0.3) is 0 Å². The van der Waals surface area contributed by atoms with E-state index in [4.69, 9.17) is 4.74 Å². The maximum Gasteiger partial charge on any atom is 0.240 e. The summed E-state index contributed by atoms with van der Waals surface area (Å²) in [6, 6.07) is 8.31. The zero-order chi connectivity index (χ0) is 18.9. The highest BCUT2D eigenvalue weighted by molar-refractivity contribution is 6.23. The average molecular weight is 365 g/mol. The van der Waals surface area contributed by atoms with Crippen LogP contribution in [0.5, 0.6) is 0 Å². The minimum absolute atomic E-state index is 0.0929. The van der Waals surface area contributed by atoms with Gasteiger partial charge < -0.3 is 4.74 Å². The second-order valence-corrected chi connectivity index (χ2v) is 8.02. The Morgan fingerprint density at radius 1 is 1.00 bits per heavy atom. The van der Waals surface area contributed by atoms with Gasteiger partial charge in [-0.05, 0) is 39.2 Å². The topological polar surface area (TPSA) is 64.4 Å². The molecular formula is C21H23N3O3. The van der Waals surface area contributed by atoms with E-state index in [0.29, 0.717) is 12.2 Å². The second-order valence-electron chi connectivity index (χ2n) is 8.02. The van der Waals surface area contributed by atoms with E-state index in [1.54, 1.807) is 0 Å². The molecule has 3 aliphatic heterocycles. The molecule has 3 saturated heterocycles. The zero-order valence-corrected chi connectivity index (χ0v) is 15.8. The molecule has 0 radical (unpaired) electrons. The van der Waals surface area contributed by atoms with Gasteiger partial charge in [0.25, 0.3) is 0 Å². The zero-order valence-electron chi connectivity index (χ0n) is 15.8. The van der Waals surface area contributed by atoms with Crippen molar-refractivity contribution in [3.05, 3.63) is 46.8 Å². The number of carbonyl (C=O) groups is 2. The minimum atomic E-state index is -0.310. The summed E-state index contributed by atoms with van der Waals surface area (Å²) in [6.45, 7) is 6.48. The number of anilines is 1. The summed E-state index contributed by atoms with van der Waals surface area (Å²) in [5.41, 5.74) is 4.58. The van der Waals surface area contributed by atoms with Crippen LogP contribution in [0.2, 0.25) is 0 Å². The third-order valence-corrected chi connectivity index (χ3v) is 6.30. The molecule has 4 heterocycles. The summed E-state index contributed by atoms with van der Waals surface area (Å²) in [7, 11) is 0. The molecule has 3 aliphatic rings. The van der Waals surface area contributed by atoms with Gasteiger partial charge in [0, 0.05) is 0 Å². The number of hydrogen-bond donors (Lipinski definition) is 0. The summed E-state index contributed by atoms with van der Waals surface area (Å²) in [5, 5.41) is 4.63. The maximum atomic E-state index is 13.1. The minimum Gasteiger partial charge on any atom is -0.373 e. The Labute approximate surface area is 158 Å². The fourth-order valence-corrected chi connectivity index (χ4v) is 4.96. The summed E-state index contributed by atoms with van der Waals surface area (Å²) in [6.07, 6.45) is 1.57. The fraction of sp³-hybridized carbons (Fsp3) is 0.476. The summed E-state index contributed by atoms with van der Waals surface area (Å²) < 4.78 is 7.71. The van der Waals surface area contributed by atoms with Crippen LogP contribution in [-0.4, -0.2) is 33.8 Å². The van der Waals surface area contributed by atoms with Crippen LogP contribution in [-0.2, 0) is 20.9 Å². The molecule has 5 rings (SSSR count). The van der Waals surface area contributed by atoms with E-state index in [-0.39, 0.29) is 35.9 Å². The Morgan fingerprint density at radius 2 is 1.59 bits per heavy atom. The first kappa shape index (κ1) is 16.7. The van der Waals surface area contributed by atoms with Crippen molar-refractivity contribution in [1.82, 2.24) is 9.78 Å². The standard InChI is InChI=1S/C21H23N3O3/c1-11-4-6-14(7-5-11)10-23-13(3)19(12(2)22-23)24-20(25)17-15-8-9-16(27-15)18(17)21(24)26/h4-7,15-18H,8-10H2,1-3H3/t15-,16-,17-,18-/m1/s1. The van der Waals surface area contributed by atoms with Gasteiger partial charge in [0.2, 0.25) is 11.8 Å². The van der Waals surface area contributed by atoms with Gasteiger partial charge in [-0.15, -0.1) is 0 Å². The number of imide groups is 1. The van der Waals surface area contributed by atoms with Crippen molar-refractivity contribution in [3.8, 4) is 0 Å². The Bertz CT molecular complexity index is 918. The lowest BCUT2D eigenvalue weighted by molar-refractivity contribution is -0.124. The largest absolute Gasteiger partial charge is 0.373 e. The van der Waals surface area contributed by atoms with Gasteiger partial charge in [-0.1, -0.05) is 29.8 Å². The van der Waals surface area contributed by atoms with E-state index in [0.717, 1.165) is 29.8 Å². The van der Waals surface area contributed by atoms with E-state index < -0.39 is 0 Å². The number of hydrogen-bond acceptors (Lipinski definition) is 4. The molecule has 6 nitrogen and oxygen atoms in total. The molecule has 0 saturated carbocycles. The Balaban J connectivity index is 1.49. The molecule has 6 heteroatoms. The fourth-order valence-electron chi connectivity index (χ4n) is 4.96. The molecule has 4 atom stereocenters. The van der Waals surface area contributed by atoms with Crippen LogP contribution in [0.3, 0.4) is 0 Å². The van der Waals surface area contributed by atoms with Crippen molar-refractivity contribution in [2.75, 3.05) is 4.90 Å². The lowest BCUT2D eigenvalue weighted by atomic mass is 9.81. The smallest absolute Gasteiger partial charge is 0.240 e. The van der Waals surface area contributed by atoms with Crippen LogP contribution in [0.4, 0.5) is 5.69 Å². The molecule has 0 aliphatic carbocycles. The van der Waals surface area contributed by atoms with E-state index in [2.05, 4.69) is 36.3 Å². The number of benzene rings is 1. The highest BCUT2D eigenvalue weighted by Gasteiger charge is 2.63. The van der Waals surface area contributed by atoms with Gasteiger partial charge in [-0.2, -0.15) is 5.10 Å². The number of fused-ring (bicyclic) bond motifs is 5. The SMILES string of the molecule is Cc1ccc(Cn2nc(C)c(N3C(=O)[C@H]4[C@H](C3=O)[C@H]3CC[C@H]4O3)c2C)cc1. The van der Waals surface area contributed by atoms with Gasteiger partial charge in [0.1, 0.15) is 0 Å². The lowest BCUT2D eigenvalue weighted by Gasteiger charge is -2.18. The third kappa shape index (κ3) is 2.32. The molecule has 27 heavy (non-hydrogen) atoms. The molecule has 1 aromatic heterocycles. The predicted octanol–water partition coefficient (Wildman–Crippen LogP) is 2.52. The third-order valence-electron chi connectivity index (χ3n) is 6.30. The molecule has 3 fully saturated rings. The molecule has 1 aromatic carbocycles. The van der Waals surface area contributed by atoms with Gasteiger partial charge in [-0.25, -0.2) is 4.90 Å². The quantitative estimate of drug-likeness (QED) is 0.784. The lowest BCUT2D eigenvalue weighted by Crippen LogP contribution is -2.35. The van der Waals surface area contributed by atoms with Crippen LogP contribution in [0.1, 0.15) is 35.4 Å². The predicted molar refractivity (Wildman–Crippen MR) is 99.4 cm³/mol. The van der Waals surface area contributed by atoms with E-state index in [1.165, 1.54) is 10.5 Å². The average Bonchev–Trinajstić information content (AvgIpc) is 3.37. The molecule has 2 amide bonds. The van der Waals surface area contributed by atoms with Gasteiger partial charge >= 0.3 is 0 Å². The Hall–Kier alpha value is -2.47. The normalized spacial score (nSPS) is 29.1. The van der Waals surface area contributed by atoms with Gasteiger partial charge in [0.15, 0.2) is 0 Å². The molecular weight excluding hydrogens is 342 g/mol. The number of aromatic nitrogens is 2. The van der Waals surface area contributed by atoms with Crippen molar-refractivity contribution in [2.24, 2.45) is 11.8 Å². The number of nitrogens with zero attached hydrogens (tertiary/aromatic N) is 3. The first-order valence-electron chi connectivity index (χ1n) is 9.58. The monoisotopic (exact) mass is 365 g/mol. The van der Waals surface area contributed by atoms with Crippen LogP contribution >= 0.6 is 0 Å². The second kappa shape index (κ2) is 5.76. The molecule has 0 N–H and O–H groups in total. The molecule has 0 spiro atoms. The Morgan fingerprint density at radius 3 is 2.19 bits per heavy atom. The number of rotatable bonds is 3. The maximum absolute atomic E-state index is 13.1. The number of aryl methyl sites for hydroxylation is 2. The summed E-state index contributed by atoms with van der Waals surface area (Å²) in [5.74, 6) is -0.845.